The van der Waals surface area contributed by atoms with Crippen LogP contribution in [0.15, 0.2) is 42.5 Å². The maximum absolute atomic E-state index is 12.6. The van der Waals surface area contributed by atoms with E-state index in [4.69, 9.17) is 23.2 Å². The molecule has 1 fully saturated rings. The summed E-state index contributed by atoms with van der Waals surface area (Å²) in [6.07, 6.45) is 0. The van der Waals surface area contributed by atoms with Crippen molar-refractivity contribution in [3.8, 4) is 0 Å². The number of likely N-dealkylation sites (N-methyl/N-ethyl adjacent to an activating group) is 1. The fraction of sp³-hybridized carbons (Fsp3) is 0.316. The third-order valence-electron chi connectivity index (χ3n) is 4.49. The highest BCUT2D eigenvalue weighted by atomic mass is 35.5. The Morgan fingerprint density at radius 2 is 1.80 bits per heavy atom. The first-order valence-corrected chi connectivity index (χ1v) is 9.17. The summed E-state index contributed by atoms with van der Waals surface area (Å²) >= 11 is 12.3. The molecule has 0 unspecified atom stereocenters. The highest BCUT2D eigenvalue weighted by Crippen LogP contribution is 2.31. The first-order chi connectivity index (χ1) is 12.1. The fourth-order valence-electron chi connectivity index (χ4n) is 3.02. The molecule has 4 nitrogen and oxygen atoms in total. The SMILES string of the molecule is CCN1CCN(c2ccc(Cl)cc2NC(=O)c2ccccc2Cl)CC1. The van der Waals surface area contributed by atoms with Gasteiger partial charge < -0.3 is 15.1 Å². The molecule has 1 heterocycles. The van der Waals surface area contributed by atoms with Crippen LogP contribution in [0.1, 0.15) is 17.3 Å². The van der Waals surface area contributed by atoms with Gasteiger partial charge in [-0.15, -0.1) is 0 Å². The van der Waals surface area contributed by atoms with E-state index >= 15 is 0 Å². The van der Waals surface area contributed by atoms with E-state index in [1.54, 1.807) is 30.3 Å². The summed E-state index contributed by atoms with van der Waals surface area (Å²) in [7, 11) is 0. The van der Waals surface area contributed by atoms with Crippen molar-refractivity contribution < 1.29 is 4.79 Å². The Hall–Kier alpha value is -1.75. The number of benzene rings is 2. The lowest BCUT2D eigenvalue weighted by Gasteiger charge is -2.36. The van der Waals surface area contributed by atoms with Gasteiger partial charge in [0.1, 0.15) is 0 Å². The number of hydrogen-bond donors (Lipinski definition) is 1. The number of carbonyl (C=O) groups is 1. The summed E-state index contributed by atoms with van der Waals surface area (Å²) in [6, 6.07) is 12.6. The van der Waals surface area contributed by atoms with Crippen LogP contribution >= 0.6 is 23.2 Å². The van der Waals surface area contributed by atoms with E-state index in [2.05, 4.69) is 22.0 Å². The zero-order valence-corrected chi connectivity index (χ0v) is 15.6. The molecule has 0 bridgehead atoms. The van der Waals surface area contributed by atoms with E-state index in [1.807, 2.05) is 12.1 Å². The molecule has 2 aromatic rings. The number of halogens is 2. The Kier molecular flexibility index (Phi) is 5.84. The average Bonchev–Trinajstić information content (AvgIpc) is 2.62. The predicted molar refractivity (Wildman–Crippen MR) is 105 cm³/mol. The summed E-state index contributed by atoms with van der Waals surface area (Å²) in [5.41, 5.74) is 2.15. The lowest BCUT2D eigenvalue weighted by atomic mass is 10.1. The fourth-order valence-corrected chi connectivity index (χ4v) is 3.42. The van der Waals surface area contributed by atoms with E-state index in [1.165, 1.54) is 0 Å². The van der Waals surface area contributed by atoms with Crippen LogP contribution in [0.5, 0.6) is 0 Å². The van der Waals surface area contributed by atoms with Crippen LogP contribution in [-0.4, -0.2) is 43.5 Å². The number of carbonyl (C=O) groups excluding carboxylic acids is 1. The molecule has 3 rings (SSSR count). The monoisotopic (exact) mass is 377 g/mol. The minimum Gasteiger partial charge on any atom is -0.367 e. The smallest absolute Gasteiger partial charge is 0.257 e. The summed E-state index contributed by atoms with van der Waals surface area (Å²) in [5, 5.41) is 3.99. The van der Waals surface area contributed by atoms with Gasteiger partial charge in [0.2, 0.25) is 0 Å². The molecule has 0 atom stereocenters. The molecule has 25 heavy (non-hydrogen) atoms. The van der Waals surface area contributed by atoms with Gasteiger partial charge in [0, 0.05) is 31.2 Å². The second-order valence-electron chi connectivity index (χ2n) is 6.02. The van der Waals surface area contributed by atoms with Crippen molar-refractivity contribution in [2.45, 2.75) is 6.92 Å². The molecule has 1 N–H and O–H groups in total. The van der Waals surface area contributed by atoms with Gasteiger partial charge >= 0.3 is 0 Å². The second-order valence-corrected chi connectivity index (χ2v) is 6.86. The van der Waals surface area contributed by atoms with Crippen LogP contribution in [0.3, 0.4) is 0 Å². The molecule has 0 aliphatic carbocycles. The summed E-state index contributed by atoms with van der Waals surface area (Å²) < 4.78 is 0. The molecule has 132 valence electrons. The van der Waals surface area contributed by atoms with E-state index in [0.717, 1.165) is 38.4 Å². The van der Waals surface area contributed by atoms with Crippen LogP contribution < -0.4 is 10.2 Å². The zero-order chi connectivity index (χ0) is 17.8. The minimum absolute atomic E-state index is 0.235. The summed E-state index contributed by atoms with van der Waals surface area (Å²) in [6.45, 7) is 7.10. The highest BCUT2D eigenvalue weighted by Gasteiger charge is 2.20. The second kappa shape index (κ2) is 8.09. The average molecular weight is 378 g/mol. The lowest BCUT2D eigenvalue weighted by molar-refractivity contribution is 0.102. The number of nitrogens with one attached hydrogen (secondary N) is 1. The van der Waals surface area contributed by atoms with Crippen LogP contribution in [0.25, 0.3) is 0 Å². The summed E-state index contributed by atoms with van der Waals surface area (Å²) in [4.78, 5) is 17.3. The van der Waals surface area contributed by atoms with Crippen molar-refractivity contribution >= 4 is 40.5 Å². The topological polar surface area (TPSA) is 35.6 Å². The molecule has 1 amide bonds. The molecule has 6 heteroatoms. The Balaban J connectivity index is 1.83. The van der Waals surface area contributed by atoms with Crippen molar-refractivity contribution in [3.63, 3.8) is 0 Å². The number of hydrogen-bond acceptors (Lipinski definition) is 3. The zero-order valence-electron chi connectivity index (χ0n) is 14.1. The number of anilines is 2. The molecular formula is C19H21Cl2N3O. The van der Waals surface area contributed by atoms with Crippen molar-refractivity contribution in [2.75, 3.05) is 42.9 Å². The van der Waals surface area contributed by atoms with Gasteiger partial charge in [-0.2, -0.15) is 0 Å². The predicted octanol–water partition coefficient (Wildman–Crippen LogP) is 4.39. The highest BCUT2D eigenvalue weighted by molar-refractivity contribution is 6.34. The summed E-state index contributed by atoms with van der Waals surface area (Å²) in [5.74, 6) is -0.235. The van der Waals surface area contributed by atoms with Gasteiger partial charge in [0.05, 0.1) is 22.0 Å². The standard InChI is InChI=1S/C19H21Cl2N3O/c1-2-23-9-11-24(12-10-23)18-8-7-14(20)13-17(18)22-19(25)15-5-3-4-6-16(15)21/h3-8,13H,2,9-12H2,1H3,(H,22,25). The quantitative estimate of drug-likeness (QED) is 0.857. The number of piperazine rings is 1. The van der Waals surface area contributed by atoms with Crippen LogP contribution in [0, 0.1) is 0 Å². The van der Waals surface area contributed by atoms with Crippen LogP contribution in [0.4, 0.5) is 11.4 Å². The Morgan fingerprint density at radius 3 is 2.48 bits per heavy atom. The Labute approximate surface area is 158 Å². The van der Waals surface area contributed by atoms with Crippen molar-refractivity contribution in [1.82, 2.24) is 4.90 Å². The first-order valence-electron chi connectivity index (χ1n) is 8.41. The van der Waals surface area contributed by atoms with Gasteiger partial charge in [-0.05, 0) is 36.9 Å². The van der Waals surface area contributed by atoms with Crippen molar-refractivity contribution in [3.05, 3.63) is 58.1 Å². The van der Waals surface area contributed by atoms with E-state index in [-0.39, 0.29) is 5.91 Å². The largest absolute Gasteiger partial charge is 0.367 e. The Morgan fingerprint density at radius 1 is 1.08 bits per heavy atom. The molecule has 1 aliphatic rings. The van der Waals surface area contributed by atoms with E-state index < -0.39 is 0 Å². The number of rotatable bonds is 4. The third kappa shape index (κ3) is 4.27. The third-order valence-corrected chi connectivity index (χ3v) is 5.05. The van der Waals surface area contributed by atoms with Gasteiger partial charge in [0.15, 0.2) is 0 Å². The molecule has 0 radical (unpaired) electrons. The lowest BCUT2D eigenvalue weighted by Crippen LogP contribution is -2.46. The van der Waals surface area contributed by atoms with Gasteiger partial charge in [-0.25, -0.2) is 0 Å². The van der Waals surface area contributed by atoms with Crippen molar-refractivity contribution in [2.24, 2.45) is 0 Å². The van der Waals surface area contributed by atoms with E-state index in [0.29, 0.717) is 21.3 Å². The number of nitrogens with zero attached hydrogens (tertiary/aromatic N) is 2. The van der Waals surface area contributed by atoms with Crippen LogP contribution in [-0.2, 0) is 0 Å². The molecule has 2 aromatic carbocycles. The van der Waals surface area contributed by atoms with Crippen molar-refractivity contribution in [1.29, 1.82) is 0 Å². The number of amides is 1. The molecule has 0 spiro atoms. The maximum Gasteiger partial charge on any atom is 0.257 e. The molecule has 1 saturated heterocycles. The maximum atomic E-state index is 12.6. The molecule has 0 aromatic heterocycles. The molecule has 0 saturated carbocycles. The molecule has 1 aliphatic heterocycles. The van der Waals surface area contributed by atoms with E-state index in [9.17, 15) is 4.79 Å². The molecular weight excluding hydrogens is 357 g/mol. The Bertz CT molecular complexity index is 758. The van der Waals surface area contributed by atoms with Gasteiger partial charge in [-0.1, -0.05) is 42.3 Å². The van der Waals surface area contributed by atoms with Gasteiger partial charge in [-0.3, -0.25) is 4.79 Å². The minimum atomic E-state index is -0.235. The first kappa shape index (κ1) is 18.1. The van der Waals surface area contributed by atoms with Gasteiger partial charge in [0.25, 0.3) is 5.91 Å². The van der Waals surface area contributed by atoms with Crippen LogP contribution in [0.2, 0.25) is 10.0 Å². The normalized spacial score (nSPS) is 15.2.